The van der Waals surface area contributed by atoms with Crippen molar-refractivity contribution >= 4 is 46.5 Å². The van der Waals surface area contributed by atoms with Gasteiger partial charge in [0.1, 0.15) is 5.69 Å². The van der Waals surface area contributed by atoms with Crippen LogP contribution in [-0.4, -0.2) is 45.5 Å². The van der Waals surface area contributed by atoms with E-state index in [9.17, 15) is 15.0 Å². The fourth-order valence-corrected chi connectivity index (χ4v) is 4.61. The van der Waals surface area contributed by atoms with Crippen LogP contribution in [0.3, 0.4) is 0 Å². The Bertz CT molecular complexity index is 947. The van der Waals surface area contributed by atoms with Crippen LogP contribution < -0.4 is 5.01 Å². The molecule has 0 atom stereocenters. The number of carboxylic acid groups (broad SMARTS) is 1. The zero-order valence-electron chi connectivity index (χ0n) is 16.8. The van der Waals surface area contributed by atoms with Gasteiger partial charge < -0.3 is 15.1 Å². The number of hydrazone groups is 1. The molecule has 0 bridgehead atoms. The van der Waals surface area contributed by atoms with Crippen molar-refractivity contribution < 1.29 is 15.0 Å². The van der Waals surface area contributed by atoms with Gasteiger partial charge in [0.05, 0.1) is 10.8 Å². The highest BCUT2D eigenvalue weighted by molar-refractivity contribution is 7.80. The Kier molecular flexibility index (Phi) is 6.54. The number of likely N-dealkylation sites (tertiary alicyclic amines) is 1. The maximum atomic E-state index is 11.2. The molecule has 2 heterocycles. The maximum absolute atomic E-state index is 11.2. The Balaban J connectivity index is 1.86. The van der Waals surface area contributed by atoms with Crippen molar-refractivity contribution in [2.75, 3.05) is 18.1 Å². The number of aryl methyl sites for hydroxylation is 2. The van der Waals surface area contributed by atoms with Crippen molar-refractivity contribution in [1.82, 2.24) is 4.90 Å². The lowest BCUT2D eigenvalue weighted by Gasteiger charge is -2.35. The van der Waals surface area contributed by atoms with Crippen molar-refractivity contribution in [3.05, 3.63) is 34.7 Å². The second-order valence-electron chi connectivity index (χ2n) is 7.17. The minimum Gasteiger partial charge on any atom is -0.504 e. The smallest absolute Gasteiger partial charge is 0.306 e. The van der Waals surface area contributed by atoms with Crippen LogP contribution in [0.2, 0.25) is 0 Å². The van der Waals surface area contributed by atoms with Gasteiger partial charge in [0.15, 0.2) is 10.9 Å². The van der Waals surface area contributed by atoms with Gasteiger partial charge in [0, 0.05) is 24.7 Å². The highest BCUT2D eigenvalue weighted by Gasteiger charge is 2.29. The number of thiophene rings is 1. The third-order valence-electron chi connectivity index (χ3n) is 5.27. The van der Waals surface area contributed by atoms with Gasteiger partial charge >= 0.3 is 5.97 Å². The molecule has 6 nitrogen and oxygen atoms in total. The number of anilines is 1. The lowest BCUT2D eigenvalue weighted by Crippen LogP contribution is -2.45. The normalized spacial score (nSPS) is 15.1. The first-order valence-corrected chi connectivity index (χ1v) is 10.8. The summed E-state index contributed by atoms with van der Waals surface area (Å²) >= 11 is 7.10. The number of carbonyl (C=O) groups is 1. The molecule has 1 saturated heterocycles. The molecule has 0 saturated carbocycles. The number of aromatic hydroxyl groups is 1. The zero-order valence-corrected chi connectivity index (χ0v) is 18.4. The molecule has 8 heteroatoms. The van der Waals surface area contributed by atoms with Crippen LogP contribution in [-0.2, 0) is 4.79 Å². The zero-order chi connectivity index (χ0) is 21.1. The molecule has 0 spiro atoms. The molecule has 154 valence electrons. The Morgan fingerprint density at radius 2 is 2.00 bits per heavy atom. The highest BCUT2D eigenvalue weighted by Crippen LogP contribution is 2.44. The molecule has 1 aromatic carbocycles. The number of piperidine rings is 1. The molecular weight excluding hydrogens is 406 g/mol. The average Bonchev–Trinajstić information content (AvgIpc) is 3.09. The molecule has 1 aromatic heterocycles. The topological polar surface area (TPSA) is 76.4 Å². The summed E-state index contributed by atoms with van der Waals surface area (Å²) in [6.45, 7) is 7.01. The molecule has 2 aromatic rings. The van der Waals surface area contributed by atoms with E-state index in [-0.39, 0.29) is 11.7 Å². The summed E-state index contributed by atoms with van der Waals surface area (Å²) in [6.07, 6.45) is 2.72. The predicted molar refractivity (Wildman–Crippen MR) is 122 cm³/mol. The van der Waals surface area contributed by atoms with E-state index in [1.807, 2.05) is 29.3 Å². The largest absolute Gasteiger partial charge is 0.504 e. The Morgan fingerprint density at radius 3 is 2.59 bits per heavy atom. The lowest BCUT2D eigenvalue weighted by molar-refractivity contribution is -0.143. The molecule has 3 rings (SSSR count). The van der Waals surface area contributed by atoms with Crippen molar-refractivity contribution in [2.24, 2.45) is 11.0 Å². The van der Waals surface area contributed by atoms with Crippen LogP contribution in [0.1, 0.15) is 30.9 Å². The van der Waals surface area contributed by atoms with Crippen molar-refractivity contribution in [3.63, 3.8) is 0 Å². The third-order valence-corrected chi connectivity index (χ3v) is 6.71. The van der Waals surface area contributed by atoms with Crippen LogP contribution in [0.4, 0.5) is 5.69 Å². The Labute approximate surface area is 180 Å². The summed E-state index contributed by atoms with van der Waals surface area (Å²) in [6, 6.07) is 6.11. The maximum Gasteiger partial charge on any atom is 0.306 e. The molecule has 1 fully saturated rings. The van der Waals surface area contributed by atoms with Gasteiger partial charge in [-0.05, 0) is 62.5 Å². The van der Waals surface area contributed by atoms with Crippen molar-refractivity contribution in [1.29, 1.82) is 0 Å². The summed E-state index contributed by atoms with van der Waals surface area (Å²) in [5.41, 5.74) is 3.85. The van der Waals surface area contributed by atoms with Crippen LogP contribution >= 0.6 is 23.6 Å². The number of hydrogen-bond donors (Lipinski definition) is 2. The number of hydrogen-bond acceptors (Lipinski definition) is 5. The summed E-state index contributed by atoms with van der Waals surface area (Å²) in [7, 11) is 0. The third kappa shape index (κ3) is 4.43. The first-order chi connectivity index (χ1) is 13.8. The number of carboxylic acids is 1. The number of rotatable bonds is 4. The van der Waals surface area contributed by atoms with Crippen molar-refractivity contribution in [3.8, 4) is 16.2 Å². The second-order valence-corrected chi connectivity index (χ2v) is 8.41. The fraction of sp³-hybridized carbons (Fsp3) is 0.381. The lowest BCUT2D eigenvalue weighted by atomic mass is 9.97. The molecule has 1 aliphatic rings. The molecule has 0 unspecified atom stereocenters. The average molecular weight is 432 g/mol. The van der Waals surface area contributed by atoms with Gasteiger partial charge in [-0.3, -0.25) is 4.79 Å². The van der Waals surface area contributed by atoms with Crippen LogP contribution in [0.15, 0.2) is 28.7 Å². The molecular formula is C21H25N3O3S2. The molecule has 0 radical (unpaired) electrons. The highest BCUT2D eigenvalue weighted by atomic mass is 32.1. The van der Waals surface area contributed by atoms with E-state index >= 15 is 0 Å². The summed E-state index contributed by atoms with van der Waals surface area (Å²) in [5, 5.41) is 28.4. The van der Waals surface area contributed by atoms with Crippen LogP contribution in [0, 0.1) is 19.8 Å². The van der Waals surface area contributed by atoms with E-state index in [0.717, 1.165) is 16.0 Å². The minimum absolute atomic E-state index is 0.145. The fourth-order valence-electron chi connectivity index (χ4n) is 3.36. The van der Waals surface area contributed by atoms with Gasteiger partial charge in [0.25, 0.3) is 0 Å². The Morgan fingerprint density at radius 1 is 1.31 bits per heavy atom. The molecule has 1 aliphatic heterocycles. The van der Waals surface area contributed by atoms with Crippen LogP contribution in [0.5, 0.6) is 5.75 Å². The summed E-state index contributed by atoms with van der Waals surface area (Å²) < 4.78 is 0. The number of benzene rings is 1. The van der Waals surface area contributed by atoms with E-state index in [0.29, 0.717) is 36.7 Å². The van der Waals surface area contributed by atoms with E-state index in [4.69, 9.17) is 12.2 Å². The molecule has 0 aliphatic carbocycles. The molecule has 2 N–H and O–H groups in total. The monoisotopic (exact) mass is 431 g/mol. The van der Waals surface area contributed by atoms with Crippen molar-refractivity contribution in [2.45, 2.75) is 33.6 Å². The van der Waals surface area contributed by atoms with Crippen LogP contribution in [0.25, 0.3) is 10.4 Å². The quantitative estimate of drug-likeness (QED) is 0.418. The standard InChI is InChI=1S/C21H25N3O3S2/c1-4-22-24(21(28)23-9-7-15(8-10-23)20(26)27)17-12-29-19(18(17)25)16-6-5-13(2)14(3)11-16/h4-6,11-12,15,25H,7-10H2,1-3H3,(H,26,27). The SMILES string of the molecule is CC=NN(C(=S)N1CCC(C(=O)O)CC1)c1csc(-c2ccc(C)c(C)c2)c1O. The number of thiocarbonyl (C=S) groups is 1. The summed E-state index contributed by atoms with van der Waals surface area (Å²) in [4.78, 5) is 13.9. The van der Waals surface area contributed by atoms with E-state index in [1.165, 1.54) is 16.9 Å². The van der Waals surface area contributed by atoms with Gasteiger partial charge in [-0.25, -0.2) is 5.01 Å². The van der Waals surface area contributed by atoms with Gasteiger partial charge in [-0.2, -0.15) is 5.10 Å². The molecule has 29 heavy (non-hydrogen) atoms. The Hall–Kier alpha value is -2.45. The van der Waals surface area contributed by atoms with Gasteiger partial charge in [0.2, 0.25) is 0 Å². The van der Waals surface area contributed by atoms with Gasteiger partial charge in [-0.1, -0.05) is 18.2 Å². The first-order valence-electron chi connectivity index (χ1n) is 9.52. The first kappa shape index (κ1) is 21.3. The second kappa shape index (κ2) is 8.92. The predicted octanol–water partition coefficient (Wildman–Crippen LogP) is 4.63. The van der Waals surface area contributed by atoms with E-state index < -0.39 is 5.97 Å². The number of nitrogens with zero attached hydrogens (tertiary/aromatic N) is 3. The number of aliphatic carboxylic acids is 1. The van der Waals surface area contributed by atoms with Gasteiger partial charge in [-0.15, -0.1) is 11.3 Å². The minimum atomic E-state index is -0.757. The summed E-state index contributed by atoms with van der Waals surface area (Å²) in [5.74, 6) is -0.942. The molecule has 0 amide bonds. The van der Waals surface area contributed by atoms with E-state index in [1.54, 1.807) is 18.1 Å². The van der Waals surface area contributed by atoms with E-state index in [2.05, 4.69) is 18.1 Å².